The number of H-pyrrole nitrogens is 1. The van der Waals surface area contributed by atoms with Crippen molar-refractivity contribution in [2.75, 3.05) is 13.0 Å². The lowest BCUT2D eigenvalue weighted by Gasteiger charge is -2.11. The van der Waals surface area contributed by atoms with Crippen molar-refractivity contribution < 1.29 is 4.74 Å². The minimum atomic E-state index is -0.160. The van der Waals surface area contributed by atoms with Crippen LogP contribution in [-0.2, 0) is 6.42 Å². The third-order valence-electron chi connectivity index (χ3n) is 4.55. The van der Waals surface area contributed by atoms with Crippen molar-refractivity contribution in [1.82, 2.24) is 24.8 Å². The van der Waals surface area contributed by atoms with Gasteiger partial charge in [-0.3, -0.25) is 4.79 Å². The van der Waals surface area contributed by atoms with Crippen LogP contribution in [0.1, 0.15) is 29.4 Å². The average Bonchev–Trinajstić information content (AvgIpc) is 3.08. The van der Waals surface area contributed by atoms with Gasteiger partial charge in [-0.1, -0.05) is 36.0 Å². The maximum atomic E-state index is 12.3. The molecule has 0 saturated heterocycles. The zero-order chi connectivity index (χ0) is 20.4. The molecule has 2 aromatic carbocycles. The largest absolute Gasteiger partial charge is 0.497 e. The second kappa shape index (κ2) is 7.96. The average molecular weight is 408 g/mol. The van der Waals surface area contributed by atoms with Crippen molar-refractivity contribution in [2.45, 2.75) is 23.8 Å². The summed E-state index contributed by atoms with van der Waals surface area (Å²) in [5, 5.41) is 9.37. The topological polar surface area (TPSA) is 112 Å². The third-order valence-corrected chi connectivity index (χ3v) is 5.62. The number of hydrogen-bond donors (Lipinski definition) is 2. The molecule has 3 N–H and O–H groups in total. The zero-order valence-electron chi connectivity index (χ0n) is 16.0. The molecule has 0 saturated carbocycles. The van der Waals surface area contributed by atoms with Gasteiger partial charge in [0, 0.05) is 6.42 Å². The van der Waals surface area contributed by atoms with Crippen LogP contribution in [0.3, 0.4) is 0 Å². The molecule has 2 heterocycles. The van der Waals surface area contributed by atoms with E-state index < -0.39 is 0 Å². The van der Waals surface area contributed by atoms with Gasteiger partial charge in [-0.2, -0.15) is 0 Å². The quantitative estimate of drug-likeness (QED) is 0.373. The lowest BCUT2D eigenvalue weighted by atomic mass is 10.1. The van der Waals surface area contributed by atoms with Crippen molar-refractivity contribution >= 4 is 22.7 Å². The molecule has 0 aliphatic rings. The maximum absolute atomic E-state index is 12.3. The Kier molecular flexibility index (Phi) is 5.22. The van der Waals surface area contributed by atoms with Gasteiger partial charge in [0.25, 0.3) is 5.56 Å². The van der Waals surface area contributed by atoms with Crippen molar-refractivity contribution in [3.05, 3.63) is 76.1 Å². The summed E-state index contributed by atoms with van der Waals surface area (Å²) >= 11 is 1.39. The first-order valence-corrected chi connectivity index (χ1v) is 9.91. The highest BCUT2D eigenvalue weighted by atomic mass is 32.2. The molecule has 0 spiro atoms. The number of fused-ring (bicyclic) bond motifs is 1. The third kappa shape index (κ3) is 3.95. The first kappa shape index (κ1) is 19.0. The Hall–Kier alpha value is -3.33. The molecule has 0 aliphatic heterocycles. The van der Waals surface area contributed by atoms with E-state index in [-0.39, 0.29) is 10.8 Å². The molecule has 0 fully saturated rings. The molecule has 0 unspecified atom stereocenters. The molecule has 1 atom stereocenters. The van der Waals surface area contributed by atoms with Gasteiger partial charge in [0.15, 0.2) is 5.82 Å². The predicted molar refractivity (Wildman–Crippen MR) is 113 cm³/mol. The number of ether oxygens (including phenoxy) is 1. The number of nitrogen functional groups attached to an aromatic ring is 1. The number of benzene rings is 2. The van der Waals surface area contributed by atoms with Crippen LogP contribution in [0, 0.1) is 0 Å². The van der Waals surface area contributed by atoms with Gasteiger partial charge in [-0.15, -0.1) is 10.2 Å². The minimum Gasteiger partial charge on any atom is -0.497 e. The van der Waals surface area contributed by atoms with Gasteiger partial charge in [0.05, 0.1) is 23.3 Å². The first-order chi connectivity index (χ1) is 14.0. The van der Waals surface area contributed by atoms with Crippen LogP contribution >= 0.6 is 11.8 Å². The standard InChI is InChI=1S/C20H20N6O2S/c1-12(18-22-16-6-4-3-5-15(16)19(27)23-18)29-20-25-24-17(26(20)21)11-13-7-9-14(28-2)10-8-13/h3-10,12H,11,21H2,1-2H3,(H,22,23,27)/t12-/m1/s1. The molecule has 0 aliphatic carbocycles. The van der Waals surface area contributed by atoms with Crippen LogP contribution in [0.5, 0.6) is 5.75 Å². The van der Waals surface area contributed by atoms with Gasteiger partial charge >= 0.3 is 0 Å². The molecule has 0 radical (unpaired) electrons. The number of nitrogens with two attached hydrogens (primary N) is 1. The lowest BCUT2D eigenvalue weighted by molar-refractivity contribution is 0.414. The molecular formula is C20H20N6O2S. The summed E-state index contributed by atoms with van der Waals surface area (Å²) in [6.07, 6.45) is 0.549. The fourth-order valence-corrected chi connectivity index (χ4v) is 3.79. The van der Waals surface area contributed by atoms with E-state index >= 15 is 0 Å². The fourth-order valence-electron chi connectivity index (χ4n) is 2.95. The Morgan fingerprint density at radius 2 is 1.93 bits per heavy atom. The normalized spacial score (nSPS) is 12.2. The number of nitrogens with zero attached hydrogens (tertiary/aromatic N) is 4. The van der Waals surface area contributed by atoms with E-state index in [9.17, 15) is 4.79 Å². The molecule has 9 heteroatoms. The van der Waals surface area contributed by atoms with Gasteiger partial charge in [0.2, 0.25) is 5.16 Å². The zero-order valence-corrected chi connectivity index (χ0v) is 16.8. The number of methoxy groups -OCH3 is 1. The van der Waals surface area contributed by atoms with E-state index in [1.807, 2.05) is 49.4 Å². The molecular weight excluding hydrogens is 388 g/mol. The van der Waals surface area contributed by atoms with Crippen molar-refractivity contribution in [3.8, 4) is 5.75 Å². The van der Waals surface area contributed by atoms with E-state index in [4.69, 9.17) is 10.6 Å². The summed E-state index contributed by atoms with van der Waals surface area (Å²) in [6, 6.07) is 15.0. The van der Waals surface area contributed by atoms with E-state index in [0.29, 0.717) is 34.1 Å². The van der Waals surface area contributed by atoms with E-state index in [0.717, 1.165) is 11.3 Å². The number of aromatic nitrogens is 5. The van der Waals surface area contributed by atoms with Crippen molar-refractivity contribution in [2.24, 2.45) is 0 Å². The van der Waals surface area contributed by atoms with E-state index in [1.54, 1.807) is 13.2 Å². The smallest absolute Gasteiger partial charge is 0.258 e. The summed E-state index contributed by atoms with van der Waals surface area (Å²) in [7, 11) is 1.63. The number of rotatable bonds is 6. The number of nitrogens with one attached hydrogen (secondary N) is 1. The van der Waals surface area contributed by atoms with E-state index in [2.05, 4.69) is 20.2 Å². The molecule has 148 valence electrons. The summed E-state index contributed by atoms with van der Waals surface area (Å²) in [6.45, 7) is 1.94. The van der Waals surface area contributed by atoms with Gasteiger partial charge < -0.3 is 15.6 Å². The maximum Gasteiger partial charge on any atom is 0.258 e. The molecule has 4 aromatic rings. The Labute approximate surface area is 171 Å². The molecule has 0 bridgehead atoms. The summed E-state index contributed by atoms with van der Waals surface area (Å²) in [5.74, 6) is 8.22. The van der Waals surface area contributed by atoms with Crippen molar-refractivity contribution in [3.63, 3.8) is 0 Å². The molecule has 29 heavy (non-hydrogen) atoms. The summed E-state index contributed by atoms with van der Waals surface area (Å²) in [4.78, 5) is 19.7. The molecule has 2 aromatic heterocycles. The van der Waals surface area contributed by atoms with Crippen LogP contribution in [0.2, 0.25) is 0 Å². The fraction of sp³-hybridized carbons (Fsp3) is 0.200. The number of para-hydroxylation sites is 1. The highest BCUT2D eigenvalue weighted by Gasteiger charge is 2.18. The van der Waals surface area contributed by atoms with Gasteiger partial charge in [-0.05, 0) is 36.8 Å². The summed E-state index contributed by atoms with van der Waals surface area (Å²) < 4.78 is 6.65. The number of aromatic amines is 1. The number of hydrogen-bond acceptors (Lipinski definition) is 7. The van der Waals surface area contributed by atoms with Crippen molar-refractivity contribution in [1.29, 1.82) is 0 Å². The Bertz CT molecular complexity index is 1200. The van der Waals surface area contributed by atoms with Gasteiger partial charge in [0.1, 0.15) is 11.6 Å². The van der Waals surface area contributed by atoms with Gasteiger partial charge in [-0.25, -0.2) is 9.66 Å². The lowest BCUT2D eigenvalue weighted by Crippen LogP contribution is -2.16. The summed E-state index contributed by atoms with van der Waals surface area (Å²) in [5.41, 5.74) is 1.55. The van der Waals surface area contributed by atoms with E-state index in [1.165, 1.54) is 16.4 Å². The van der Waals surface area contributed by atoms with Crippen LogP contribution in [0.15, 0.2) is 58.5 Å². The Morgan fingerprint density at radius 3 is 2.69 bits per heavy atom. The van der Waals surface area contributed by atoms with Crippen LogP contribution in [-0.4, -0.2) is 32.0 Å². The van der Waals surface area contributed by atoms with Crippen LogP contribution in [0.25, 0.3) is 10.9 Å². The number of thioether (sulfide) groups is 1. The second-order valence-corrected chi connectivity index (χ2v) is 7.83. The first-order valence-electron chi connectivity index (χ1n) is 9.03. The molecule has 4 rings (SSSR count). The van der Waals surface area contributed by atoms with Crippen LogP contribution < -0.4 is 16.1 Å². The highest BCUT2D eigenvalue weighted by Crippen LogP contribution is 2.31. The monoisotopic (exact) mass is 408 g/mol. The highest BCUT2D eigenvalue weighted by molar-refractivity contribution is 7.99. The van der Waals surface area contributed by atoms with Crippen LogP contribution in [0.4, 0.5) is 0 Å². The Morgan fingerprint density at radius 1 is 1.17 bits per heavy atom. The predicted octanol–water partition coefficient (Wildman–Crippen LogP) is 2.68. The second-order valence-electron chi connectivity index (χ2n) is 6.52. The minimum absolute atomic E-state index is 0.160. The Balaban J connectivity index is 1.53. The molecule has 0 amide bonds. The SMILES string of the molecule is COc1ccc(Cc2nnc(S[C@H](C)c3nc4ccccc4c(=O)[nH]3)n2N)cc1. The molecule has 8 nitrogen and oxygen atoms in total.